The van der Waals surface area contributed by atoms with Gasteiger partial charge >= 0.3 is 6.03 Å². The minimum atomic E-state index is -0.535. The fourth-order valence-electron chi connectivity index (χ4n) is 1.77. The van der Waals surface area contributed by atoms with Crippen LogP contribution in [0.1, 0.15) is 6.92 Å². The van der Waals surface area contributed by atoms with E-state index in [1.54, 1.807) is 11.3 Å². The molecule has 0 saturated heterocycles. The van der Waals surface area contributed by atoms with E-state index in [1.165, 1.54) is 17.8 Å². The fraction of sp³-hybridized carbons (Fsp3) is 0.286. The van der Waals surface area contributed by atoms with Crippen LogP contribution in [0.3, 0.4) is 0 Å². The Bertz CT molecular complexity index is 681. The van der Waals surface area contributed by atoms with Gasteiger partial charge in [0.15, 0.2) is 11.0 Å². The summed E-state index contributed by atoms with van der Waals surface area (Å²) in [6.45, 7) is 6.48. The number of hydrogen-bond donors (Lipinski definition) is 2. The third-order valence-corrected chi connectivity index (χ3v) is 4.60. The van der Waals surface area contributed by atoms with Crippen LogP contribution in [-0.2, 0) is 11.3 Å². The Morgan fingerprint density at radius 1 is 1.48 bits per heavy atom. The van der Waals surface area contributed by atoms with Gasteiger partial charge in [-0.25, -0.2) is 4.79 Å². The van der Waals surface area contributed by atoms with Crippen molar-refractivity contribution in [3.05, 3.63) is 30.2 Å². The van der Waals surface area contributed by atoms with Crippen molar-refractivity contribution < 1.29 is 9.59 Å². The molecule has 0 aliphatic carbocycles. The minimum absolute atomic E-state index is 0.0874. The van der Waals surface area contributed by atoms with Gasteiger partial charge in [0.05, 0.1) is 10.6 Å². The molecule has 0 fully saturated rings. The average Bonchev–Trinajstić information content (AvgIpc) is 3.19. The summed E-state index contributed by atoms with van der Waals surface area (Å²) in [6, 6.07) is 3.40. The van der Waals surface area contributed by atoms with Crippen molar-refractivity contribution in [3.63, 3.8) is 0 Å². The van der Waals surface area contributed by atoms with Gasteiger partial charge in [0.2, 0.25) is 5.91 Å². The molecule has 0 bridgehead atoms. The van der Waals surface area contributed by atoms with Gasteiger partial charge in [0.1, 0.15) is 0 Å². The minimum Gasteiger partial charge on any atom is -0.334 e. The first-order chi connectivity index (χ1) is 11.2. The Labute approximate surface area is 142 Å². The molecular formula is C14H17N5O2S2. The van der Waals surface area contributed by atoms with Gasteiger partial charge in [0, 0.05) is 13.1 Å². The highest BCUT2D eigenvalue weighted by molar-refractivity contribution is 7.99. The summed E-state index contributed by atoms with van der Waals surface area (Å²) in [5, 5.41) is 15.7. The van der Waals surface area contributed by atoms with Crippen molar-refractivity contribution in [2.45, 2.75) is 18.6 Å². The van der Waals surface area contributed by atoms with Crippen LogP contribution in [0, 0.1) is 0 Å². The molecule has 3 amide bonds. The summed E-state index contributed by atoms with van der Waals surface area (Å²) < 4.78 is 1.95. The van der Waals surface area contributed by atoms with E-state index in [0.29, 0.717) is 18.2 Å². The molecule has 0 aliphatic rings. The average molecular weight is 351 g/mol. The van der Waals surface area contributed by atoms with Crippen molar-refractivity contribution in [2.75, 3.05) is 12.3 Å². The van der Waals surface area contributed by atoms with E-state index >= 15 is 0 Å². The number of thioether (sulfide) groups is 1. The second kappa shape index (κ2) is 8.49. The van der Waals surface area contributed by atoms with Gasteiger partial charge in [0.25, 0.3) is 0 Å². The Kier molecular flexibility index (Phi) is 6.36. The highest BCUT2D eigenvalue weighted by Gasteiger charge is 2.15. The zero-order valence-electron chi connectivity index (χ0n) is 12.6. The molecule has 122 valence electrons. The van der Waals surface area contributed by atoms with Crippen molar-refractivity contribution in [1.82, 2.24) is 25.4 Å². The van der Waals surface area contributed by atoms with Crippen LogP contribution >= 0.6 is 23.1 Å². The third-order valence-electron chi connectivity index (χ3n) is 2.77. The number of aromatic nitrogens is 3. The highest BCUT2D eigenvalue weighted by atomic mass is 32.2. The van der Waals surface area contributed by atoms with Crippen LogP contribution < -0.4 is 10.6 Å². The molecule has 0 unspecified atom stereocenters. The monoisotopic (exact) mass is 351 g/mol. The number of urea groups is 1. The van der Waals surface area contributed by atoms with Crippen molar-refractivity contribution in [3.8, 4) is 10.7 Å². The number of hydrogen-bond acceptors (Lipinski definition) is 6. The van der Waals surface area contributed by atoms with Gasteiger partial charge in [-0.3, -0.25) is 10.1 Å². The van der Waals surface area contributed by atoms with E-state index in [1.807, 2.05) is 29.0 Å². The van der Waals surface area contributed by atoms with E-state index in [-0.39, 0.29) is 11.7 Å². The Morgan fingerprint density at radius 2 is 2.30 bits per heavy atom. The summed E-state index contributed by atoms with van der Waals surface area (Å²) in [5.41, 5.74) is 0. The molecule has 23 heavy (non-hydrogen) atoms. The molecule has 2 heterocycles. The molecule has 0 radical (unpaired) electrons. The van der Waals surface area contributed by atoms with Crippen LogP contribution in [-0.4, -0.2) is 39.0 Å². The predicted molar refractivity (Wildman–Crippen MR) is 91.5 cm³/mol. The molecule has 0 atom stereocenters. The van der Waals surface area contributed by atoms with Crippen LogP contribution in [0.5, 0.6) is 0 Å². The Hall–Kier alpha value is -2.13. The maximum Gasteiger partial charge on any atom is 0.321 e. The summed E-state index contributed by atoms with van der Waals surface area (Å²) >= 11 is 2.83. The molecule has 9 heteroatoms. The maximum absolute atomic E-state index is 11.8. The second-order valence-electron chi connectivity index (χ2n) is 4.36. The summed E-state index contributed by atoms with van der Waals surface area (Å²) in [5.74, 6) is 0.485. The standard InChI is InChI=1S/C14H17N5O2S2/c1-3-7-15-13(21)16-11(20)9-23-14-18-17-12(19(14)4-2)10-6-5-8-22-10/h3,5-6,8H,1,4,7,9H2,2H3,(H2,15,16,20,21). The third kappa shape index (κ3) is 4.67. The number of rotatable bonds is 7. The van der Waals surface area contributed by atoms with E-state index in [0.717, 1.165) is 10.7 Å². The van der Waals surface area contributed by atoms with E-state index in [2.05, 4.69) is 27.4 Å². The number of nitrogens with one attached hydrogen (secondary N) is 2. The van der Waals surface area contributed by atoms with Crippen molar-refractivity contribution >= 4 is 35.0 Å². The van der Waals surface area contributed by atoms with E-state index in [9.17, 15) is 9.59 Å². The largest absolute Gasteiger partial charge is 0.334 e. The first-order valence-electron chi connectivity index (χ1n) is 6.94. The number of carbonyl (C=O) groups is 2. The van der Waals surface area contributed by atoms with Gasteiger partial charge in [-0.2, -0.15) is 0 Å². The van der Waals surface area contributed by atoms with E-state index in [4.69, 9.17) is 0 Å². The van der Waals surface area contributed by atoms with E-state index < -0.39 is 6.03 Å². The SMILES string of the molecule is C=CCNC(=O)NC(=O)CSc1nnc(-c2cccs2)n1CC. The zero-order chi connectivity index (χ0) is 16.7. The summed E-state index contributed by atoms with van der Waals surface area (Å²) in [6.07, 6.45) is 1.54. The van der Waals surface area contributed by atoms with Gasteiger partial charge < -0.3 is 9.88 Å². The number of amides is 3. The molecular weight excluding hydrogens is 334 g/mol. The van der Waals surface area contributed by atoms with Crippen LogP contribution in [0.2, 0.25) is 0 Å². The van der Waals surface area contributed by atoms with Gasteiger partial charge in [-0.15, -0.1) is 28.1 Å². The van der Waals surface area contributed by atoms with Gasteiger partial charge in [-0.1, -0.05) is 23.9 Å². The van der Waals surface area contributed by atoms with Gasteiger partial charge in [-0.05, 0) is 18.4 Å². The highest BCUT2D eigenvalue weighted by Crippen LogP contribution is 2.26. The van der Waals surface area contributed by atoms with Crippen LogP contribution in [0.15, 0.2) is 35.3 Å². The van der Waals surface area contributed by atoms with Crippen molar-refractivity contribution in [1.29, 1.82) is 0 Å². The maximum atomic E-state index is 11.8. The lowest BCUT2D eigenvalue weighted by atomic mass is 10.4. The molecule has 0 spiro atoms. The quantitative estimate of drug-likeness (QED) is 0.589. The molecule has 0 saturated carbocycles. The molecule has 0 aromatic carbocycles. The number of carbonyl (C=O) groups excluding carboxylic acids is 2. The summed E-state index contributed by atoms with van der Waals surface area (Å²) in [7, 11) is 0. The van der Waals surface area contributed by atoms with Crippen LogP contribution in [0.25, 0.3) is 10.7 Å². The lowest BCUT2D eigenvalue weighted by molar-refractivity contribution is -0.117. The Balaban J connectivity index is 1.94. The molecule has 2 N–H and O–H groups in total. The van der Waals surface area contributed by atoms with Crippen molar-refractivity contribution in [2.24, 2.45) is 0 Å². The topological polar surface area (TPSA) is 88.9 Å². The number of thiophene rings is 1. The lowest BCUT2D eigenvalue weighted by Crippen LogP contribution is -2.40. The molecule has 7 nitrogen and oxygen atoms in total. The molecule has 2 aromatic heterocycles. The summed E-state index contributed by atoms with van der Waals surface area (Å²) in [4.78, 5) is 24.2. The smallest absolute Gasteiger partial charge is 0.321 e. The normalized spacial score (nSPS) is 10.3. The first-order valence-corrected chi connectivity index (χ1v) is 8.80. The lowest BCUT2D eigenvalue weighted by Gasteiger charge is -2.06. The molecule has 2 aromatic rings. The molecule has 2 rings (SSSR count). The number of nitrogens with zero attached hydrogens (tertiary/aromatic N) is 3. The predicted octanol–water partition coefficient (Wildman–Crippen LogP) is 2.13. The first kappa shape index (κ1) is 17.2. The Morgan fingerprint density at radius 3 is 2.96 bits per heavy atom. The van der Waals surface area contributed by atoms with Crippen LogP contribution in [0.4, 0.5) is 4.79 Å². The molecule has 0 aliphatic heterocycles. The zero-order valence-corrected chi connectivity index (χ0v) is 14.2. The number of imide groups is 1. The second-order valence-corrected chi connectivity index (χ2v) is 6.25. The fourth-order valence-corrected chi connectivity index (χ4v) is 3.29.